The number of hydrogen-bond acceptors (Lipinski definition) is 2. The summed E-state index contributed by atoms with van der Waals surface area (Å²) in [7, 11) is 0. The number of pyridine rings is 1. The maximum Gasteiger partial charge on any atom is 0.136 e. The Morgan fingerprint density at radius 1 is 0.800 bits per heavy atom. The van der Waals surface area contributed by atoms with Gasteiger partial charge in [-0.2, -0.15) is 0 Å². The number of unbranched alkanes of at least 4 members (excludes halogenated alkanes) is 9. The predicted octanol–water partition coefficient (Wildman–Crippen LogP) is 10.3. The molecule has 0 atom stereocenters. The largest absolute Gasteiger partial charge is 0.493 e. The van der Waals surface area contributed by atoms with Crippen LogP contribution in [0.5, 0.6) is 5.75 Å². The fourth-order valence-corrected chi connectivity index (χ4v) is 5.49. The molecule has 0 amide bonds. The topological polar surface area (TPSA) is 22.1 Å². The lowest BCUT2D eigenvalue weighted by atomic mass is 9.77. The minimum Gasteiger partial charge on any atom is -0.493 e. The van der Waals surface area contributed by atoms with E-state index in [1.165, 1.54) is 108 Å². The zero-order valence-corrected chi connectivity index (χ0v) is 22.4. The molecular weight excluding hydrogens is 433 g/mol. The van der Waals surface area contributed by atoms with Gasteiger partial charge in [-0.25, -0.2) is 4.39 Å². The molecule has 1 fully saturated rings. The van der Waals surface area contributed by atoms with Gasteiger partial charge in [0.05, 0.1) is 12.3 Å². The molecule has 2 aromatic rings. The summed E-state index contributed by atoms with van der Waals surface area (Å²) in [5.41, 5.74) is 2.57. The monoisotopic (exact) mass is 481 g/mol. The fourth-order valence-electron chi connectivity index (χ4n) is 5.49. The molecule has 1 saturated carbocycles. The molecule has 2 nitrogen and oxygen atoms in total. The van der Waals surface area contributed by atoms with Crippen LogP contribution in [0.1, 0.15) is 128 Å². The fraction of sp³-hybridized carbons (Fsp3) is 0.656. The van der Waals surface area contributed by atoms with E-state index < -0.39 is 0 Å². The van der Waals surface area contributed by atoms with E-state index in [1.54, 1.807) is 6.07 Å². The molecular formula is C32H48FNO. The average Bonchev–Trinajstić information content (AvgIpc) is 2.89. The minimum absolute atomic E-state index is 0.260. The molecule has 1 aliphatic carbocycles. The van der Waals surface area contributed by atoms with Crippen LogP contribution < -0.4 is 4.74 Å². The van der Waals surface area contributed by atoms with Crippen LogP contribution in [-0.2, 0) is 0 Å². The summed E-state index contributed by atoms with van der Waals surface area (Å²) in [5, 5.41) is 0. The molecule has 1 aromatic heterocycles. The van der Waals surface area contributed by atoms with Gasteiger partial charge in [0, 0.05) is 17.8 Å². The summed E-state index contributed by atoms with van der Waals surface area (Å²) in [6.45, 7) is 5.15. The number of ether oxygens (including phenoxy) is 1. The Bertz CT molecular complexity index is 826. The van der Waals surface area contributed by atoms with Crippen LogP contribution >= 0.6 is 0 Å². The molecule has 35 heavy (non-hydrogen) atoms. The van der Waals surface area contributed by atoms with Crippen LogP contribution in [0.15, 0.2) is 36.5 Å². The number of rotatable bonds is 16. The number of hydrogen-bond donors (Lipinski definition) is 0. The van der Waals surface area contributed by atoms with E-state index in [2.05, 4.69) is 24.9 Å². The molecule has 0 saturated heterocycles. The second-order valence-electron chi connectivity index (χ2n) is 10.7. The number of nitrogens with zero attached hydrogens (tertiary/aromatic N) is 1. The van der Waals surface area contributed by atoms with Crippen molar-refractivity contribution in [2.24, 2.45) is 5.92 Å². The standard InChI is InChI=1S/C32H48FNO/c1-3-5-7-9-10-12-14-26-15-17-27(18-16-26)28-19-22-32(34-25-28)30-21-20-29(24-31(30)33)35-23-13-11-8-6-4-2/h19-22,24-27H,3-18,23H2,1-2H3. The van der Waals surface area contributed by atoms with Crippen LogP contribution in [-0.4, -0.2) is 11.6 Å². The molecule has 0 bridgehead atoms. The van der Waals surface area contributed by atoms with Crippen LogP contribution in [0.4, 0.5) is 4.39 Å². The Morgan fingerprint density at radius 2 is 1.49 bits per heavy atom. The van der Waals surface area contributed by atoms with Crippen molar-refractivity contribution in [3.63, 3.8) is 0 Å². The molecule has 0 unspecified atom stereocenters. The van der Waals surface area contributed by atoms with Crippen molar-refractivity contribution in [1.82, 2.24) is 4.98 Å². The second kappa shape index (κ2) is 16.0. The average molecular weight is 482 g/mol. The van der Waals surface area contributed by atoms with Gasteiger partial charge in [0.2, 0.25) is 0 Å². The third-order valence-electron chi connectivity index (χ3n) is 7.80. The van der Waals surface area contributed by atoms with Gasteiger partial charge in [0.25, 0.3) is 0 Å². The Kier molecular flexibility index (Phi) is 12.6. The van der Waals surface area contributed by atoms with Crippen molar-refractivity contribution in [3.05, 3.63) is 47.9 Å². The lowest BCUT2D eigenvalue weighted by molar-refractivity contribution is 0.301. The summed E-state index contributed by atoms with van der Waals surface area (Å²) in [4.78, 5) is 4.64. The van der Waals surface area contributed by atoms with Crippen molar-refractivity contribution in [2.75, 3.05) is 6.61 Å². The molecule has 3 rings (SSSR count). The van der Waals surface area contributed by atoms with E-state index in [-0.39, 0.29) is 5.82 Å². The molecule has 1 aromatic carbocycles. The molecule has 1 aliphatic rings. The predicted molar refractivity (Wildman–Crippen MR) is 147 cm³/mol. The van der Waals surface area contributed by atoms with Gasteiger partial charge in [0.15, 0.2) is 0 Å². The van der Waals surface area contributed by atoms with Gasteiger partial charge in [-0.05, 0) is 67.7 Å². The summed E-state index contributed by atoms with van der Waals surface area (Å²) in [6, 6.07) is 9.33. The highest BCUT2D eigenvalue weighted by Crippen LogP contribution is 2.38. The summed E-state index contributed by atoms with van der Waals surface area (Å²) < 4.78 is 20.5. The van der Waals surface area contributed by atoms with Crippen LogP contribution in [0.2, 0.25) is 0 Å². The summed E-state index contributed by atoms with van der Waals surface area (Å²) in [6.07, 6.45) is 22.9. The van der Waals surface area contributed by atoms with Crippen molar-refractivity contribution in [1.29, 1.82) is 0 Å². The quantitative estimate of drug-likeness (QED) is 0.222. The molecule has 194 valence electrons. The summed E-state index contributed by atoms with van der Waals surface area (Å²) >= 11 is 0. The lowest BCUT2D eigenvalue weighted by Gasteiger charge is -2.28. The molecule has 0 radical (unpaired) electrons. The maximum absolute atomic E-state index is 14.8. The first-order chi connectivity index (χ1) is 17.2. The molecule has 1 heterocycles. The highest BCUT2D eigenvalue weighted by Gasteiger charge is 2.22. The first-order valence-corrected chi connectivity index (χ1v) is 14.6. The summed E-state index contributed by atoms with van der Waals surface area (Å²) in [5.74, 6) is 1.87. The lowest BCUT2D eigenvalue weighted by Crippen LogP contribution is -2.13. The highest BCUT2D eigenvalue weighted by atomic mass is 19.1. The number of benzene rings is 1. The van der Waals surface area contributed by atoms with E-state index >= 15 is 0 Å². The normalized spacial score (nSPS) is 18.0. The van der Waals surface area contributed by atoms with Gasteiger partial charge in [-0.3, -0.25) is 4.98 Å². The Morgan fingerprint density at radius 3 is 2.14 bits per heavy atom. The van der Waals surface area contributed by atoms with Crippen molar-refractivity contribution < 1.29 is 9.13 Å². The zero-order chi connectivity index (χ0) is 24.7. The maximum atomic E-state index is 14.8. The molecule has 0 N–H and O–H groups in total. The molecule has 3 heteroatoms. The third kappa shape index (κ3) is 9.58. The van der Waals surface area contributed by atoms with Crippen molar-refractivity contribution in [3.8, 4) is 17.0 Å². The zero-order valence-electron chi connectivity index (χ0n) is 22.4. The van der Waals surface area contributed by atoms with Gasteiger partial charge in [-0.1, -0.05) is 90.5 Å². The van der Waals surface area contributed by atoms with Crippen LogP contribution in [0.25, 0.3) is 11.3 Å². The van der Waals surface area contributed by atoms with E-state index in [0.29, 0.717) is 29.5 Å². The van der Waals surface area contributed by atoms with Gasteiger partial charge in [0.1, 0.15) is 11.6 Å². The van der Waals surface area contributed by atoms with Crippen molar-refractivity contribution >= 4 is 0 Å². The first-order valence-electron chi connectivity index (χ1n) is 14.6. The minimum atomic E-state index is -0.260. The van der Waals surface area contributed by atoms with Gasteiger partial charge >= 0.3 is 0 Å². The second-order valence-corrected chi connectivity index (χ2v) is 10.7. The van der Waals surface area contributed by atoms with E-state index in [1.807, 2.05) is 18.3 Å². The number of aromatic nitrogens is 1. The van der Waals surface area contributed by atoms with E-state index in [4.69, 9.17) is 4.74 Å². The number of halogens is 1. The van der Waals surface area contributed by atoms with Gasteiger partial charge in [-0.15, -0.1) is 0 Å². The first kappa shape index (κ1) is 27.7. The highest BCUT2D eigenvalue weighted by molar-refractivity contribution is 5.61. The Hall–Kier alpha value is -1.90. The molecule has 0 aliphatic heterocycles. The van der Waals surface area contributed by atoms with E-state index in [0.717, 1.165) is 12.3 Å². The van der Waals surface area contributed by atoms with Crippen LogP contribution in [0, 0.1) is 11.7 Å². The van der Waals surface area contributed by atoms with E-state index in [9.17, 15) is 4.39 Å². The SMILES string of the molecule is CCCCCCCCC1CCC(c2ccc(-c3ccc(OCCCCCCC)cc3F)nc2)CC1. The smallest absolute Gasteiger partial charge is 0.136 e. The van der Waals surface area contributed by atoms with Crippen molar-refractivity contribution in [2.45, 2.75) is 122 Å². The molecule has 0 spiro atoms. The van der Waals surface area contributed by atoms with Crippen LogP contribution in [0.3, 0.4) is 0 Å². The third-order valence-corrected chi connectivity index (χ3v) is 7.80. The Labute approximate surface area is 214 Å². The Balaban J connectivity index is 1.42. The van der Waals surface area contributed by atoms with Gasteiger partial charge < -0.3 is 4.74 Å².